The number of nitrogens with zero attached hydrogens (tertiary/aromatic N) is 2. The molecule has 2 aromatic carbocycles. The zero-order chi connectivity index (χ0) is 28.4. The molecule has 2 N–H and O–H groups in total. The summed E-state index contributed by atoms with van der Waals surface area (Å²) in [6.07, 6.45) is 5.28. The standard InChI is InChI=1S/C32H45N3O5/c1-6-20-19-34-11-8-21-15-28(37-2)30(39-4)17-24(21)26(34)13-23(20)14-27-25-18-31(40-5)29(38-3)16-22(25)9-12-35(27)32(36)7-10-33/h15-18,20,23,26-27H,6-14,19,33H2,1-5H3/t20-,23+,26?,27+/m0/s1. The molecule has 3 heterocycles. The van der Waals surface area contributed by atoms with Gasteiger partial charge in [-0.15, -0.1) is 0 Å². The molecule has 0 aromatic heterocycles. The summed E-state index contributed by atoms with van der Waals surface area (Å²) < 4.78 is 22.6. The van der Waals surface area contributed by atoms with Crippen LogP contribution in [0.25, 0.3) is 0 Å². The molecule has 1 saturated heterocycles. The second-order valence-corrected chi connectivity index (χ2v) is 11.4. The number of carbonyl (C=O) groups is 1. The van der Waals surface area contributed by atoms with Gasteiger partial charge in [0.05, 0.1) is 34.5 Å². The van der Waals surface area contributed by atoms with Crippen molar-refractivity contribution >= 4 is 5.91 Å². The lowest BCUT2D eigenvalue weighted by Gasteiger charge is -2.49. The van der Waals surface area contributed by atoms with Gasteiger partial charge in [0.25, 0.3) is 0 Å². The van der Waals surface area contributed by atoms with Crippen molar-refractivity contribution in [2.75, 3.05) is 54.6 Å². The summed E-state index contributed by atoms with van der Waals surface area (Å²) in [6, 6.07) is 8.88. The molecule has 0 spiro atoms. The molecule has 8 heteroatoms. The molecule has 5 rings (SSSR count). The van der Waals surface area contributed by atoms with Crippen LogP contribution in [-0.2, 0) is 17.6 Å². The quantitative estimate of drug-likeness (QED) is 0.490. The Morgan fingerprint density at radius 2 is 1.43 bits per heavy atom. The van der Waals surface area contributed by atoms with Gasteiger partial charge < -0.3 is 29.6 Å². The fourth-order valence-corrected chi connectivity index (χ4v) is 7.39. The molecule has 4 atom stereocenters. The number of methoxy groups -OCH3 is 4. The molecular formula is C32H45N3O5. The van der Waals surface area contributed by atoms with E-state index >= 15 is 0 Å². The van der Waals surface area contributed by atoms with Crippen LogP contribution in [0.15, 0.2) is 24.3 Å². The highest BCUT2D eigenvalue weighted by molar-refractivity contribution is 5.77. The minimum atomic E-state index is -0.0123. The number of rotatable bonds is 9. The maximum Gasteiger partial charge on any atom is 0.224 e. The molecule has 8 nitrogen and oxygen atoms in total. The van der Waals surface area contributed by atoms with Crippen LogP contribution in [0, 0.1) is 11.8 Å². The van der Waals surface area contributed by atoms with Gasteiger partial charge >= 0.3 is 0 Å². The van der Waals surface area contributed by atoms with Gasteiger partial charge in [0.1, 0.15) is 0 Å². The number of hydrogen-bond acceptors (Lipinski definition) is 7. The number of benzene rings is 2. The molecule has 2 aromatic rings. The molecule has 218 valence electrons. The zero-order valence-electron chi connectivity index (χ0n) is 24.7. The highest BCUT2D eigenvalue weighted by Crippen LogP contribution is 2.49. The van der Waals surface area contributed by atoms with Gasteiger partial charge in [-0.1, -0.05) is 13.3 Å². The van der Waals surface area contributed by atoms with Gasteiger partial charge in [0.2, 0.25) is 5.91 Å². The van der Waals surface area contributed by atoms with Crippen LogP contribution in [0.5, 0.6) is 23.0 Å². The molecule has 1 unspecified atom stereocenters. The summed E-state index contributed by atoms with van der Waals surface area (Å²) in [5.41, 5.74) is 11.0. The van der Waals surface area contributed by atoms with E-state index in [1.54, 1.807) is 28.4 Å². The summed E-state index contributed by atoms with van der Waals surface area (Å²) in [5, 5.41) is 0. The van der Waals surface area contributed by atoms with Crippen LogP contribution in [-0.4, -0.2) is 70.3 Å². The van der Waals surface area contributed by atoms with Crippen molar-refractivity contribution in [2.45, 2.75) is 57.5 Å². The van der Waals surface area contributed by atoms with E-state index < -0.39 is 0 Å². The molecule has 0 radical (unpaired) electrons. The smallest absolute Gasteiger partial charge is 0.224 e. The van der Waals surface area contributed by atoms with Gasteiger partial charge in [0, 0.05) is 38.6 Å². The summed E-state index contributed by atoms with van der Waals surface area (Å²) in [4.78, 5) is 18.1. The van der Waals surface area contributed by atoms with E-state index in [0.717, 1.165) is 62.4 Å². The second-order valence-electron chi connectivity index (χ2n) is 11.4. The van der Waals surface area contributed by atoms with Crippen LogP contribution in [0.4, 0.5) is 0 Å². The number of amides is 1. The van der Waals surface area contributed by atoms with E-state index in [-0.39, 0.29) is 11.9 Å². The van der Waals surface area contributed by atoms with Crippen molar-refractivity contribution in [3.8, 4) is 23.0 Å². The van der Waals surface area contributed by atoms with Crippen LogP contribution in [0.1, 0.15) is 66.9 Å². The predicted molar refractivity (Wildman–Crippen MR) is 155 cm³/mol. The fraction of sp³-hybridized carbons (Fsp3) is 0.594. The van der Waals surface area contributed by atoms with E-state index in [9.17, 15) is 4.79 Å². The SMILES string of the molecule is CC[C@H]1CN2CCc3cc(OC)c(OC)cc3C2C[C@@H]1C[C@@H]1c2cc(OC)c(OC)cc2CCN1C(=O)CCN. The average molecular weight is 552 g/mol. The lowest BCUT2D eigenvalue weighted by Crippen LogP contribution is -2.47. The van der Waals surface area contributed by atoms with Crippen molar-refractivity contribution in [3.05, 3.63) is 46.5 Å². The number of ether oxygens (including phenoxy) is 4. The molecular weight excluding hydrogens is 506 g/mol. The molecule has 3 aliphatic heterocycles. The van der Waals surface area contributed by atoms with E-state index in [4.69, 9.17) is 24.7 Å². The van der Waals surface area contributed by atoms with Crippen LogP contribution < -0.4 is 24.7 Å². The Labute approximate surface area is 238 Å². The van der Waals surface area contributed by atoms with Crippen LogP contribution in [0.2, 0.25) is 0 Å². The van der Waals surface area contributed by atoms with Gasteiger partial charge in [-0.2, -0.15) is 0 Å². The number of nitrogens with two attached hydrogens (primary N) is 1. The van der Waals surface area contributed by atoms with Crippen molar-refractivity contribution < 1.29 is 23.7 Å². The first-order chi connectivity index (χ1) is 19.5. The Morgan fingerprint density at radius 3 is 2.02 bits per heavy atom. The maximum absolute atomic E-state index is 13.4. The molecule has 1 fully saturated rings. The molecule has 40 heavy (non-hydrogen) atoms. The van der Waals surface area contributed by atoms with Crippen molar-refractivity contribution in [1.29, 1.82) is 0 Å². The summed E-state index contributed by atoms with van der Waals surface area (Å²) in [7, 11) is 6.75. The highest BCUT2D eigenvalue weighted by atomic mass is 16.5. The monoisotopic (exact) mass is 551 g/mol. The lowest BCUT2D eigenvalue weighted by atomic mass is 9.72. The summed E-state index contributed by atoms with van der Waals surface area (Å²) in [6.45, 7) is 5.50. The first kappa shape index (κ1) is 28.6. The Kier molecular flexibility index (Phi) is 8.76. The Morgan fingerprint density at radius 1 is 0.850 bits per heavy atom. The number of carbonyl (C=O) groups excluding carboxylic acids is 1. The first-order valence-corrected chi connectivity index (χ1v) is 14.7. The number of piperidine rings is 1. The van der Waals surface area contributed by atoms with Crippen LogP contribution in [0.3, 0.4) is 0 Å². The summed E-state index contributed by atoms with van der Waals surface area (Å²) >= 11 is 0. The van der Waals surface area contributed by atoms with Gasteiger partial charge in [-0.25, -0.2) is 0 Å². The minimum Gasteiger partial charge on any atom is -0.493 e. The zero-order valence-corrected chi connectivity index (χ0v) is 24.7. The van der Waals surface area contributed by atoms with E-state index in [2.05, 4.69) is 41.0 Å². The van der Waals surface area contributed by atoms with Crippen molar-refractivity contribution in [1.82, 2.24) is 9.80 Å². The third-order valence-electron chi connectivity index (χ3n) is 9.51. The second kappa shape index (κ2) is 12.3. The minimum absolute atomic E-state index is 0.0123. The maximum atomic E-state index is 13.4. The molecule has 0 bridgehead atoms. The Bertz CT molecular complexity index is 1220. The van der Waals surface area contributed by atoms with Crippen molar-refractivity contribution in [2.24, 2.45) is 17.6 Å². The van der Waals surface area contributed by atoms with E-state index in [0.29, 0.717) is 43.1 Å². The van der Waals surface area contributed by atoms with Gasteiger partial charge in [-0.3, -0.25) is 9.69 Å². The van der Waals surface area contributed by atoms with E-state index in [1.165, 1.54) is 22.3 Å². The third kappa shape index (κ3) is 5.23. The molecule has 1 amide bonds. The highest BCUT2D eigenvalue weighted by Gasteiger charge is 2.42. The predicted octanol–water partition coefficient (Wildman–Crippen LogP) is 4.53. The largest absolute Gasteiger partial charge is 0.493 e. The average Bonchev–Trinajstić information content (AvgIpc) is 2.99. The Balaban J connectivity index is 1.50. The molecule has 0 saturated carbocycles. The first-order valence-electron chi connectivity index (χ1n) is 14.7. The Hall–Kier alpha value is -2.97. The fourth-order valence-electron chi connectivity index (χ4n) is 7.39. The molecule has 3 aliphatic rings. The number of hydrogen-bond donors (Lipinski definition) is 1. The van der Waals surface area contributed by atoms with Crippen molar-refractivity contribution in [3.63, 3.8) is 0 Å². The van der Waals surface area contributed by atoms with Gasteiger partial charge in [-0.05, 0) is 84.0 Å². The number of fused-ring (bicyclic) bond motifs is 4. The molecule has 0 aliphatic carbocycles. The summed E-state index contributed by atoms with van der Waals surface area (Å²) in [5.74, 6) is 4.20. The normalized spacial score (nSPS) is 24.0. The lowest BCUT2D eigenvalue weighted by molar-refractivity contribution is -0.134. The third-order valence-corrected chi connectivity index (χ3v) is 9.51. The van der Waals surface area contributed by atoms with Crippen LogP contribution >= 0.6 is 0 Å². The van der Waals surface area contributed by atoms with Gasteiger partial charge in [0.15, 0.2) is 23.0 Å². The topological polar surface area (TPSA) is 86.5 Å². The van der Waals surface area contributed by atoms with E-state index in [1.807, 2.05) is 0 Å².